The van der Waals surface area contributed by atoms with Gasteiger partial charge in [-0.3, -0.25) is 0 Å². The molecule has 0 bridgehead atoms. The van der Waals surface area contributed by atoms with E-state index in [9.17, 15) is 0 Å². The Morgan fingerprint density at radius 1 is 0.714 bits per heavy atom. The van der Waals surface area contributed by atoms with Crippen molar-refractivity contribution < 1.29 is 9.15 Å². The van der Waals surface area contributed by atoms with Gasteiger partial charge >= 0.3 is 0 Å². The maximum atomic E-state index is 7.13. The molecule has 6 aromatic carbocycles. The van der Waals surface area contributed by atoms with Crippen LogP contribution in [0.25, 0.3) is 27.6 Å². The van der Waals surface area contributed by atoms with Gasteiger partial charge in [0, 0.05) is 62.7 Å². The van der Waals surface area contributed by atoms with Gasteiger partial charge in [-0.25, -0.2) is 0 Å². The van der Waals surface area contributed by atoms with Crippen LogP contribution < -0.4 is 20.0 Å². The first-order valence-corrected chi connectivity index (χ1v) is 19.8. The molecule has 2 atom stereocenters. The highest BCUT2D eigenvalue weighted by atomic mass is 16.5. The lowest BCUT2D eigenvalue weighted by molar-refractivity contribution is 0.432. The molecule has 0 amide bonds. The third-order valence-electron chi connectivity index (χ3n) is 12.4. The van der Waals surface area contributed by atoms with Crippen LogP contribution in [0.5, 0.6) is 5.75 Å². The monoisotopic (exact) mass is 720 g/mol. The highest BCUT2D eigenvalue weighted by Crippen LogP contribution is 2.55. The van der Waals surface area contributed by atoms with E-state index < -0.39 is 0 Å². The van der Waals surface area contributed by atoms with Gasteiger partial charge in [0.15, 0.2) is 5.58 Å². The molecular weight excluding hydrogens is 683 g/mol. The highest BCUT2D eigenvalue weighted by molar-refractivity contribution is 6.89. The van der Waals surface area contributed by atoms with E-state index >= 15 is 0 Å². The van der Waals surface area contributed by atoms with Gasteiger partial charge in [-0.2, -0.15) is 0 Å². The van der Waals surface area contributed by atoms with Crippen LogP contribution in [-0.4, -0.2) is 6.71 Å². The summed E-state index contributed by atoms with van der Waals surface area (Å²) in [6.45, 7) is 2.18. The Balaban J connectivity index is 1.10. The molecule has 0 radical (unpaired) electrons. The lowest BCUT2D eigenvalue weighted by Gasteiger charge is -2.49. The number of para-hydroxylation sites is 3. The summed E-state index contributed by atoms with van der Waals surface area (Å²) < 4.78 is 13.8. The summed E-state index contributed by atoms with van der Waals surface area (Å²) in [7, 11) is 0. The van der Waals surface area contributed by atoms with E-state index in [1.54, 1.807) is 0 Å². The largest absolute Gasteiger partial charge is 0.459 e. The van der Waals surface area contributed by atoms with Crippen molar-refractivity contribution in [2.45, 2.75) is 25.7 Å². The van der Waals surface area contributed by atoms with Crippen molar-refractivity contribution >= 4 is 62.6 Å². The molecule has 0 N–H and O–H groups in total. The van der Waals surface area contributed by atoms with E-state index in [0.717, 1.165) is 63.4 Å². The van der Waals surface area contributed by atoms with Gasteiger partial charge in [0.1, 0.15) is 17.1 Å². The number of furan rings is 1. The molecule has 0 spiro atoms. The molecule has 2 unspecified atom stereocenters. The smallest absolute Gasteiger partial charge is 0.252 e. The van der Waals surface area contributed by atoms with Crippen LogP contribution in [0, 0.1) is 12.8 Å². The van der Waals surface area contributed by atoms with Crippen molar-refractivity contribution in [2.24, 2.45) is 5.92 Å². The Hall–Kier alpha value is -6.72. The Morgan fingerprint density at radius 2 is 1.48 bits per heavy atom. The zero-order valence-electron chi connectivity index (χ0n) is 31.0. The molecule has 2 aliphatic heterocycles. The number of hydrogen-bond donors (Lipinski definition) is 0. The molecule has 3 aliphatic carbocycles. The van der Waals surface area contributed by atoms with Crippen molar-refractivity contribution in [2.75, 3.05) is 9.80 Å². The number of nitrogens with zero attached hydrogens (tertiary/aromatic N) is 2. The Kier molecular flexibility index (Phi) is 6.86. The number of anilines is 4. The van der Waals surface area contributed by atoms with E-state index in [0.29, 0.717) is 0 Å². The second kappa shape index (κ2) is 12.1. The van der Waals surface area contributed by atoms with Crippen LogP contribution in [-0.2, 0) is 0 Å². The molecular formula is C51H37BN2O2. The second-order valence-corrected chi connectivity index (χ2v) is 15.5. The van der Waals surface area contributed by atoms with Gasteiger partial charge in [-0.15, -0.1) is 0 Å². The first-order valence-electron chi connectivity index (χ1n) is 19.8. The van der Waals surface area contributed by atoms with E-state index in [4.69, 9.17) is 9.15 Å². The van der Waals surface area contributed by atoms with Gasteiger partial charge in [-0.05, 0) is 84.8 Å². The zero-order chi connectivity index (χ0) is 36.9. The van der Waals surface area contributed by atoms with Crippen molar-refractivity contribution in [1.82, 2.24) is 0 Å². The summed E-state index contributed by atoms with van der Waals surface area (Å²) >= 11 is 0. The van der Waals surface area contributed by atoms with Crippen LogP contribution >= 0.6 is 0 Å². The van der Waals surface area contributed by atoms with Gasteiger partial charge in [-0.1, -0.05) is 126 Å². The normalized spacial score (nSPS) is 18.9. The molecule has 12 rings (SSSR count). The molecule has 56 heavy (non-hydrogen) atoms. The van der Waals surface area contributed by atoms with E-state index in [1.807, 2.05) is 6.07 Å². The molecule has 0 fully saturated rings. The number of benzene rings is 6. The minimum atomic E-state index is 0.0490. The topological polar surface area (TPSA) is 28.9 Å². The predicted octanol–water partition coefficient (Wildman–Crippen LogP) is 12.2. The lowest BCUT2D eigenvalue weighted by atomic mass is 9.29. The number of hydrogen-bond acceptors (Lipinski definition) is 4. The fraction of sp³-hybridized carbons (Fsp3) is 0.0980. The second-order valence-electron chi connectivity index (χ2n) is 15.5. The van der Waals surface area contributed by atoms with Crippen LogP contribution in [0.2, 0.25) is 0 Å². The van der Waals surface area contributed by atoms with Gasteiger partial charge in [0.25, 0.3) is 6.71 Å². The average molecular weight is 721 g/mol. The molecule has 7 aromatic rings. The molecule has 3 heterocycles. The van der Waals surface area contributed by atoms with E-state index in [-0.39, 0.29) is 18.5 Å². The summed E-state index contributed by atoms with van der Waals surface area (Å²) in [6.07, 6.45) is 13.5. The SMILES string of the molecule is Cc1ccc(N(c2ccc3c(c2)OC2=CCCC4=C2B3C2=C(c3ccccc3C3C=CC=CC23)N4c2ccccc2)c2cccc3c2oc2ccccc23)cc1. The summed E-state index contributed by atoms with van der Waals surface area (Å²) in [5, 5.41) is 2.22. The van der Waals surface area contributed by atoms with Crippen molar-refractivity contribution in [3.8, 4) is 5.75 Å². The third kappa shape index (κ3) is 4.55. The number of fused-ring (bicyclic) bond motifs is 11. The predicted molar refractivity (Wildman–Crippen MR) is 230 cm³/mol. The molecule has 5 aliphatic rings. The number of ether oxygens (including phenoxy) is 1. The van der Waals surface area contributed by atoms with Gasteiger partial charge in [0.2, 0.25) is 0 Å². The summed E-state index contributed by atoms with van der Waals surface area (Å²) in [4.78, 5) is 4.90. The number of rotatable bonds is 4. The summed E-state index contributed by atoms with van der Waals surface area (Å²) in [6, 6.07) is 50.5. The van der Waals surface area contributed by atoms with Crippen LogP contribution in [0.1, 0.15) is 35.4 Å². The van der Waals surface area contributed by atoms with Crippen molar-refractivity contribution in [1.29, 1.82) is 0 Å². The molecule has 0 saturated heterocycles. The first kappa shape index (κ1) is 31.6. The first-order chi connectivity index (χ1) is 27.7. The van der Waals surface area contributed by atoms with E-state index in [2.05, 4.69) is 181 Å². The molecule has 4 nitrogen and oxygen atoms in total. The van der Waals surface area contributed by atoms with Crippen LogP contribution in [0.15, 0.2) is 197 Å². The van der Waals surface area contributed by atoms with E-state index in [1.165, 1.54) is 50.2 Å². The standard InChI is InChI=1S/C51H37BN2O2/c1-32-25-27-34(28-26-32)53(44-22-11-20-41-38-17-9-10-23-45(38)56-51(41)44)35-29-30-42-47(31-35)55-46-24-12-21-43-49(46)52(42)48-39-18-7-5-15-36(39)37-16-6-8-19-40(37)50(48)54(43)33-13-3-2-4-14-33/h2-11,13-20,22-31,36,39H,12,21H2,1H3. The highest BCUT2D eigenvalue weighted by Gasteiger charge is 2.51. The summed E-state index contributed by atoms with van der Waals surface area (Å²) in [5.74, 6) is 2.36. The molecule has 5 heteroatoms. The van der Waals surface area contributed by atoms with Crippen LogP contribution in [0.4, 0.5) is 22.7 Å². The molecule has 266 valence electrons. The average Bonchev–Trinajstić information content (AvgIpc) is 3.64. The Bertz CT molecular complexity index is 2930. The minimum absolute atomic E-state index is 0.0490. The third-order valence-corrected chi connectivity index (χ3v) is 12.4. The molecule has 1 aromatic heterocycles. The zero-order valence-corrected chi connectivity index (χ0v) is 31.0. The van der Waals surface area contributed by atoms with Gasteiger partial charge < -0.3 is 19.0 Å². The Labute approximate surface area is 326 Å². The fourth-order valence-corrected chi connectivity index (χ4v) is 10.1. The van der Waals surface area contributed by atoms with Gasteiger partial charge in [0.05, 0.1) is 5.69 Å². The quantitative estimate of drug-likeness (QED) is 0.169. The molecule has 0 saturated carbocycles. The number of aryl methyl sites for hydroxylation is 1. The number of allylic oxidation sites excluding steroid dienone is 8. The van der Waals surface area contributed by atoms with Crippen molar-refractivity contribution in [3.05, 3.63) is 209 Å². The Morgan fingerprint density at radius 3 is 2.38 bits per heavy atom. The van der Waals surface area contributed by atoms with Crippen LogP contribution in [0.3, 0.4) is 0 Å². The maximum absolute atomic E-state index is 7.13. The van der Waals surface area contributed by atoms with Crippen molar-refractivity contribution in [3.63, 3.8) is 0 Å². The fourth-order valence-electron chi connectivity index (χ4n) is 10.1. The minimum Gasteiger partial charge on any atom is -0.459 e. The summed E-state index contributed by atoms with van der Waals surface area (Å²) in [5.41, 5.74) is 16.6. The maximum Gasteiger partial charge on any atom is 0.252 e. The lowest BCUT2D eigenvalue weighted by Crippen LogP contribution is -2.51.